The lowest BCUT2D eigenvalue weighted by Gasteiger charge is -2.22. The molecule has 1 N–H and O–H groups in total. The van der Waals surface area contributed by atoms with Crippen molar-refractivity contribution in [2.75, 3.05) is 42.9 Å². The van der Waals surface area contributed by atoms with E-state index in [1.54, 1.807) is 0 Å². The van der Waals surface area contributed by atoms with Gasteiger partial charge in [0.2, 0.25) is 0 Å². The average Bonchev–Trinajstić information content (AvgIpc) is 3.09. The average molecular weight is 422 g/mol. The molecule has 0 unspecified atom stereocenters. The molecule has 1 aromatic heterocycles. The number of fused-ring (bicyclic) bond motifs is 1. The molecule has 0 spiro atoms. The molecule has 0 aliphatic carbocycles. The number of pyridine rings is 1. The summed E-state index contributed by atoms with van der Waals surface area (Å²) in [6.45, 7) is 9.90. The minimum absolute atomic E-state index is 0. The highest BCUT2D eigenvalue weighted by atomic mass is 35.5. The Kier molecular flexibility index (Phi) is 10.1. The van der Waals surface area contributed by atoms with E-state index in [9.17, 15) is 5.26 Å². The second-order valence-electron chi connectivity index (χ2n) is 6.58. The van der Waals surface area contributed by atoms with Crippen molar-refractivity contribution < 1.29 is 0 Å². The molecule has 3 rings (SSSR count). The number of benzene rings is 1. The van der Waals surface area contributed by atoms with Gasteiger partial charge in [0.25, 0.3) is 0 Å². The summed E-state index contributed by atoms with van der Waals surface area (Å²) in [5.74, 6) is 0.707. The Hall–Kier alpha value is -2.00. The van der Waals surface area contributed by atoms with E-state index in [2.05, 4.69) is 64.3 Å². The third kappa shape index (κ3) is 5.51. The molecule has 0 radical (unpaired) electrons. The fourth-order valence-corrected chi connectivity index (χ4v) is 3.53. The number of anilines is 2. The highest BCUT2D eigenvalue weighted by Gasteiger charge is 2.25. The van der Waals surface area contributed by atoms with Crippen LogP contribution in [0.2, 0.25) is 0 Å². The first-order valence-electron chi connectivity index (χ1n) is 9.43. The molecule has 2 aromatic rings. The molecule has 0 amide bonds. The first kappa shape index (κ1) is 24.0. The van der Waals surface area contributed by atoms with Crippen molar-refractivity contribution in [3.63, 3.8) is 0 Å². The van der Waals surface area contributed by atoms with Gasteiger partial charge in [0.1, 0.15) is 17.5 Å². The first-order chi connectivity index (χ1) is 12.8. The van der Waals surface area contributed by atoms with Crippen molar-refractivity contribution in [1.82, 2.24) is 9.88 Å². The molecule has 0 fully saturated rings. The summed E-state index contributed by atoms with van der Waals surface area (Å²) in [4.78, 5) is 9.19. The molecule has 1 aliphatic heterocycles. The molecule has 152 valence electrons. The maximum Gasteiger partial charge on any atom is 0.146 e. The Balaban J connectivity index is 0.00000196. The van der Waals surface area contributed by atoms with Gasteiger partial charge in [-0.25, -0.2) is 4.98 Å². The van der Waals surface area contributed by atoms with Crippen LogP contribution in [0, 0.1) is 11.3 Å². The molecule has 2 heterocycles. The van der Waals surface area contributed by atoms with Crippen molar-refractivity contribution in [3.05, 3.63) is 53.2 Å². The summed E-state index contributed by atoms with van der Waals surface area (Å²) in [7, 11) is 0. The lowest BCUT2D eigenvalue weighted by molar-refractivity contribution is 0.316. The van der Waals surface area contributed by atoms with Crippen molar-refractivity contribution in [1.29, 1.82) is 5.26 Å². The summed E-state index contributed by atoms with van der Waals surface area (Å²) in [5.41, 5.74) is 4.16. The number of nitrogens with zero attached hydrogens (tertiary/aromatic N) is 4. The molecule has 0 saturated carbocycles. The van der Waals surface area contributed by atoms with Gasteiger partial charge in [-0.2, -0.15) is 5.26 Å². The van der Waals surface area contributed by atoms with Crippen LogP contribution < -0.4 is 10.2 Å². The summed E-state index contributed by atoms with van der Waals surface area (Å²) in [5, 5.41) is 13.2. The van der Waals surface area contributed by atoms with E-state index in [0.29, 0.717) is 11.4 Å². The second-order valence-corrected chi connectivity index (χ2v) is 6.58. The van der Waals surface area contributed by atoms with E-state index in [0.717, 1.165) is 51.4 Å². The van der Waals surface area contributed by atoms with Crippen molar-refractivity contribution >= 4 is 36.3 Å². The van der Waals surface area contributed by atoms with Crippen LogP contribution in [-0.4, -0.2) is 42.6 Å². The summed E-state index contributed by atoms with van der Waals surface area (Å²) >= 11 is 0. The number of rotatable bonds is 8. The first-order valence-corrected chi connectivity index (χ1v) is 9.43. The Morgan fingerprint density at radius 3 is 2.54 bits per heavy atom. The topological polar surface area (TPSA) is 55.2 Å². The second kappa shape index (κ2) is 11.8. The van der Waals surface area contributed by atoms with Gasteiger partial charge >= 0.3 is 0 Å². The monoisotopic (exact) mass is 421 g/mol. The van der Waals surface area contributed by atoms with Gasteiger partial charge in [0.15, 0.2) is 0 Å². The lowest BCUT2D eigenvalue weighted by Crippen LogP contribution is -2.29. The van der Waals surface area contributed by atoms with E-state index in [1.165, 1.54) is 11.1 Å². The zero-order valence-electron chi connectivity index (χ0n) is 16.5. The van der Waals surface area contributed by atoms with Gasteiger partial charge in [0.05, 0.1) is 5.69 Å². The highest BCUT2D eigenvalue weighted by molar-refractivity contribution is 5.85. The Labute approximate surface area is 180 Å². The fraction of sp³-hybridized carbons (Fsp3) is 0.429. The normalized spacial score (nSPS) is 12.0. The van der Waals surface area contributed by atoms with Crippen LogP contribution in [0.3, 0.4) is 0 Å². The Morgan fingerprint density at radius 2 is 1.89 bits per heavy atom. The number of nitrogens with one attached hydrogen (secondary N) is 1. The minimum atomic E-state index is 0. The van der Waals surface area contributed by atoms with Crippen LogP contribution in [0.1, 0.15) is 30.5 Å². The van der Waals surface area contributed by atoms with Crippen molar-refractivity contribution in [3.8, 4) is 6.07 Å². The number of halogens is 2. The Bertz CT molecular complexity index is 772. The largest absolute Gasteiger partial charge is 0.368 e. The molecule has 5 nitrogen and oxygen atoms in total. The van der Waals surface area contributed by atoms with Crippen molar-refractivity contribution in [2.45, 2.75) is 26.8 Å². The standard InChI is InChI=1S/C21H27N5.2ClH/c1-3-25(4-2)13-11-23-21-19(14-22)20-18(15-24-21)10-12-26(20)16-17-8-6-5-7-9-17;;/h5-9,15H,3-4,10-13,16H2,1-2H3,(H,23,24);2*1H. The number of hydrogen-bond donors (Lipinski definition) is 1. The maximum absolute atomic E-state index is 9.80. The molecule has 7 heteroatoms. The number of likely N-dealkylation sites (N-methyl/N-ethyl adjacent to an activating group) is 1. The number of hydrogen-bond acceptors (Lipinski definition) is 5. The number of aromatic nitrogens is 1. The molecule has 28 heavy (non-hydrogen) atoms. The quantitative estimate of drug-likeness (QED) is 0.694. The van der Waals surface area contributed by atoms with E-state index >= 15 is 0 Å². The van der Waals surface area contributed by atoms with E-state index < -0.39 is 0 Å². The highest BCUT2D eigenvalue weighted by Crippen LogP contribution is 2.35. The van der Waals surface area contributed by atoms with Crippen LogP contribution in [0.15, 0.2) is 36.5 Å². The molecular weight excluding hydrogens is 393 g/mol. The fourth-order valence-electron chi connectivity index (χ4n) is 3.53. The van der Waals surface area contributed by atoms with Crippen LogP contribution in [0.25, 0.3) is 0 Å². The third-order valence-electron chi connectivity index (χ3n) is 5.04. The van der Waals surface area contributed by atoms with Crippen LogP contribution in [0.4, 0.5) is 11.5 Å². The summed E-state index contributed by atoms with van der Waals surface area (Å²) in [6.07, 6.45) is 2.88. The molecule has 1 aromatic carbocycles. The van der Waals surface area contributed by atoms with E-state index in [4.69, 9.17) is 0 Å². The maximum atomic E-state index is 9.80. The van der Waals surface area contributed by atoms with E-state index in [1.807, 2.05) is 12.3 Å². The van der Waals surface area contributed by atoms with Gasteiger partial charge < -0.3 is 15.1 Å². The number of nitriles is 1. The Morgan fingerprint density at radius 1 is 1.18 bits per heavy atom. The summed E-state index contributed by atoms with van der Waals surface area (Å²) in [6, 6.07) is 12.8. The van der Waals surface area contributed by atoms with Crippen LogP contribution >= 0.6 is 24.8 Å². The predicted molar refractivity (Wildman–Crippen MR) is 121 cm³/mol. The van der Waals surface area contributed by atoms with Gasteiger partial charge in [-0.3, -0.25) is 0 Å². The van der Waals surface area contributed by atoms with Gasteiger partial charge in [-0.05, 0) is 30.6 Å². The van der Waals surface area contributed by atoms with Crippen LogP contribution in [0.5, 0.6) is 0 Å². The minimum Gasteiger partial charge on any atom is -0.368 e. The van der Waals surface area contributed by atoms with E-state index in [-0.39, 0.29) is 24.8 Å². The smallest absolute Gasteiger partial charge is 0.146 e. The summed E-state index contributed by atoms with van der Waals surface area (Å²) < 4.78 is 0. The molecular formula is C21H29Cl2N5. The molecule has 1 aliphatic rings. The van der Waals surface area contributed by atoms with Gasteiger partial charge in [0, 0.05) is 32.4 Å². The molecule has 0 bridgehead atoms. The molecule has 0 atom stereocenters. The zero-order valence-corrected chi connectivity index (χ0v) is 18.2. The predicted octanol–water partition coefficient (Wildman–Crippen LogP) is 4.11. The third-order valence-corrected chi connectivity index (χ3v) is 5.04. The molecule has 0 saturated heterocycles. The van der Waals surface area contributed by atoms with Crippen molar-refractivity contribution in [2.24, 2.45) is 0 Å². The lowest BCUT2D eigenvalue weighted by atomic mass is 10.1. The zero-order chi connectivity index (χ0) is 18.4. The SMILES string of the molecule is CCN(CC)CCNc1ncc2c(c1C#N)N(Cc1ccccc1)CC2.Cl.Cl. The van der Waals surface area contributed by atoms with Gasteiger partial charge in [-0.15, -0.1) is 24.8 Å². The van der Waals surface area contributed by atoms with Crippen LogP contribution in [-0.2, 0) is 13.0 Å². The van der Waals surface area contributed by atoms with Gasteiger partial charge in [-0.1, -0.05) is 44.2 Å².